The molecule has 0 aromatic heterocycles. The Balaban J connectivity index is 1.71. The van der Waals surface area contributed by atoms with Crippen LogP contribution >= 0.6 is 12.2 Å². The molecule has 0 amide bonds. The predicted molar refractivity (Wildman–Crippen MR) is 119 cm³/mol. The minimum atomic E-state index is -0.281. The first kappa shape index (κ1) is 19.1. The molecular formula is C23H27N3OS. The number of aliphatic imine (C=N–C) groups is 1. The Morgan fingerprint density at radius 1 is 1.11 bits per heavy atom. The van der Waals surface area contributed by atoms with Crippen LogP contribution in [0.1, 0.15) is 37.8 Å². The summed E-state index contributed by atoms with van der Waals surface area (Å²) in [6.45, 7) is 7.86. The topological polar surface area (TPSA) is 36.9 Å². The molecule has 1 atom stereocenters. The van der Waals surface area contributed by atoms with Gasteiger partial charge in [0.25, 0.3) is 0 Å². The van der Waals surface area contributed by atoms with E-state index < -0.39 is 0 Å². The van der Waals surface area contributed by atoms with Crippen molar-refractivity contribution >= 4 is 28.9 Å². The lowest BCUT2D eigenvalue weighted by atomic mass is 9.79. The lowest BCUT2D eigenvalue weighted by Gasteiger charge is -2.48. The molecule has 0 aliphatic carbocycles. The first-order chi connectivity index (χ1) is 13.4. The number of hydrogen-bond acceptors (Lipinski definition) is 3. The SMILES string of the molecule is Cc1ccccc1NC1=NC(=S)N(Cc2ccccc2)[C@@]12CCOC(C)(C)C2. The molecule has 4 rings (SSSR count). The van der Waals surface area contributed by atoms with Crippen LogP contribution in [0.5, 0.6) is 0 Å². The zero-order chi connectivity index (χ0) is 19.8. The second-order valence-electron chi connectivity index (χ2n) is 8.32. The van der Waals surface area contributed by atoms with Crippen molar-refractivity contribution in [1.82, 2.24) is 4.90 Å². The van der Waals surface area contributed by atoms with Gasteiger partial charge in [0.1, 0.15) is 11.4 Å². The molecule has 0 bridgehead atoms. The van der Waals surface area contributed by atoms with Gasteiger partial charge in [0.05, 0.1) is 5.60 Å². The molecule has 2 aliphatic rings. The van der Waals surface area contributed by atoms with Gasteiger partial charge in [-0.25, -0.2) is 4.99 Å². The third kappa shape index (κ3) is 3.56. The van der Waals surface area contributed by atoms with Crippen LogP contribution in [0, 0.1) is 6.92 Å². The van der Waals surface area contributed by atoms with E-state index in [1.54, 1.807) is 0 Å². The third-order valence-electron chi connectivity index (χ3n) is 5.70. The molecule has 2 aromatic rings. The number of anilines is 1. The summed E-state index contributed by atoms with van der Waals surface area (Å²) in [5.41, 5.74) is 2.99. The Morgan fingerprint density at radius 2 is 1.82 bits per heavy atom. The largest absolute Gasteiger partial charge is 0.375 e. The van der Waals surface area contributed by atoms with Crippen molar-refractivity contribution in [3.05, 3.63) is 65.7 Å². The second kappa shape index (κ2) is 7.30. The maximum Gasteiger partial charge on any atom is 0.198 e. The van der Waals surface area contributed by atoms with Crippen LogP contribution in [0.2, 0.25) is 0 Å². The van der Waals surface area contributed by atoms with Crippen LogP contribution in [-0.4, -0.2) is 33.6 Å². The average molecular weight is 394 g/mol. The fraction of sp³-hybridized carbons (Fsp3) is 0.391. The number of hydrogen-bond donors (Lipinski definition) is 1. The summed E-state index contributed by atoms with van der Waals surface area (Å²) < 4.78 is 6.06. The van der Waals surface area contributed by atoms with E-state index in [1.807, 2.05) is 12.1 Å². The number of nitrogens with zero attached hydrogens (tertiary/aromatic N) is 2. The normalized spacial score (nSPS) is 23.8. The zero-order valence-electron chi connectivity index (χ0n) is 16.7. The van der Waals surface area contributed by atoms with Crippen LogP contribution in [0.4, 0.5) is 5.69 Å². The molecule has 2 aromatic carbocycles. The van der Waals surface area contributed by atoms with Crippen molar-refractivity contribution in [2.45, 2.75) is 51.3 Å². The first-order valence-corrected chi connectivity index (χ1v) is 10.2. The van der Waals surface area contributed by atoms with Crippen LogP contribution in [0.15, 0.2) is 59.6 Å². The molecule has 4 nitrogen and oxygen atoms in total. The molecule has 146 valence electrons. The number of nitrogens with one attached hydrogen (secondary N) is 1. The van der Waals surface area contributed by atoms with Gasteiger partial charge in [-0.1, -0.05) is 48.5 Å². The maximum absolute atomic E-state index is 6.06. The van der Waals surface area contributed by atoms with Crippen molar-refractivity contribution < 1.29 is 4.74 Å². The fourth-order valence-corrected chi connectivity index (χ4v) is 4.64. The van der Waals surface area contributed by atoms with Gasteiger partial charge in [0, 0.05) is 31.7 Å². The van der Waals surface area contributed by atoms with E-state index in [2.05, 4.69) is 73.5 Å². The molecule has 1 spiro atoms. The number of aryl methyl sites for hydroxylation is 1. The van der Waals surface area contributed by atoms with E-state index in [-0.39, 0.29) is 11.1 Å². The Hall–Kier alpha value is -2.24. The summed E-state index contributed by atoms with van der Waals surface area (Å²) in [4.78, 5) is 7.15. The summed E-state index contributed by atoms with van der Waals surface area (Å²) >= 11 is 5.75. The van der Waals surface area contributed by atoms with Gasteiger partial charge in [-0.15, -0.1) is 0 Å². The highest BCUT2D eigenvalue weighted by Gasteiger charge is 2.53. The highest BCUT2D eigenvalue weighted by Crippen LogP contribution is 2.42. The molecule has 1 N–H and O–H groups in total. The number of benzene rings is 2. The Labute approximate surface area is 172 Å². The number of thiocarbonyl (C=S) groups is 1. The fourth-order valence-electron chi connectivity index (χ4n) is 4.31. The standard InChI is InChI=1S/C23H27N3OS/c1-17-9-7-8-12-19(17)24-20-23(13-14-27-22(2,3)16-23)26(21(28)25-20)15-18-10-5-4-6-11-18/h4-12H,13-16H2,1-3H3,(H,24,25,28)/t23-/m1/s1. The average Bonchev–Trinajstić information content (AvgIpc) is 2.88. The maximum atomic E-state index is 6.06. The summed E-state index contributed by atoms with van der Waals surface area (Å²) in [7, 11) is 0. The quantitative estimate of drug-likeness (QED) is 0.750. The molecule has 0 unspecified atom stereocenters. The van der Waals surface area contributed by atoms with Crippen LogP contribution in [0.3, 0.4) is 0 Å². The van der Waals surface area contributed by atoms with E-state index >= 15 is 0 Å². The third-order valence-corrected chi connectivity index (χ3v) is 6.02. The van der Waals surface area contributed by atoms with Gasteiger partial charge in [-0.3, -0.25) is 0 Å². The Kier molecular flexibility index (Phi) is 4.98. The Morgan fingerprint density at radius 3 is 2.54 bits per heavy atom. The van der Waals surface area contributed by atoms with Crippen molar-refractivity contribution in [2.24, 2.45) is 4.99 Å². The van der Waals surface area contributed by atoms with Gasteiger partial charge >= 0.3 is 0 Å². The highest BCUT2D eigenvalue weighted by atomic mass is 32.1. The molecule has 2 aliphatic heterocycles. The van der Waals surface area contributed by atoms with Crippen molar-refractivity contribution in [1.29, 1.82) is 0 Å². The summed E-state index contributed by atoms with van der Waals surface area (Å²) in [6.07, 6.45) is 1.70. The van der Waals surface area contributed by atoms with E-state index in [1.165, 1.54) is 11.1 Å². The van der Waals surface area contributed by atoms with Gasteiger partial charge < -0.3 is 15.0 Å². The summed E-state index contributed by atoms with van der Waals surface area (Å²) in [5.74, 6) is 0.944. The van der Waals surface area contributed by atoms with E-state index in [9.17, 15) is 0 Å². The van der Waals surface area contributed by atoms with E-state index in [0.717, 1.165) is 30.9 Å². The van der Waals surface area contributed by atoms with Gasteiger partial charge in [0.2, 0.25) is 0 Å². The van der Waals surface area contributed by atoms with Crippen LogP contribution in [-0.2, 0) is 11.3 Å². The summed E-state index contributed by atoms with van der Waals surface area (Å²) in [5, 5.41) is 4.27. The molecular weight excluding hydrogens is 366 g/mol. The van der Waals surface area contributed by atoms with Crippen molar-refractivity contribution in [3.8, 4) is 0 Å². The van der Waals surface area contributed by atoms with Crippen molar-refractivity contribution in [3.63, 3.8) is 0 Å². The molecule has 1 fully saturated rings. The molecule has 2 heterocycles. The number of amidine groups is 1. The number of ether oxygens (including phenoxy) is 1. The predicted octanol–water partition coefficient (Wildman–Crippen LogP) is 4.93. The highest BCUT2D eigenvalue weighted by molar-refractivity contribution is 7.80. The molecule has 5 heteroatoms. The lowest BCUT2D eigenvalue weighted by Crippen LogP contribution is -2.60. The van der Waals surface area contributed by atoms with Gasteiger partial charge in [-0.2, -0.15) is 0 Å². The minimum Gasteiger partial charge on any atom is -0.375 e. The molecule has 0 radical (unpaired) electrons. The van der Waals surface area contributed by atoms with Crippen LogP contribution in [0.25, 0.3) is 0 Å². The number of rotatable bonds is 3. The van der Waals surface area contributed by atoms with E-state index in [4.69, 9.17) is 21.9 Å². The van der Waals surface area contributed by atoms with Gasteiger partial charge in [0.15, 0.2) is 5.11 Å². The molecule has 0 saturated carbocycles. The smallest absolute Gasteiger partial charge is 0.198 e. The monoisotopic (exact) mass is 393 g/mol. The van der Waals surface area contributed by atoms with Gasteiger partial charge in [-0.05, 0) is 50.2 Å². The summed E-state index contributed by atoms with van der Waals surface area (Å²) in [6, 6.07) is 18.8. The van der Waals surface area contributed by atoms with Crippen molar-refractivity contribution in [2.75, 3.05) is 11.9 Å². The second-order valence-corrected chi connectivity index (χ2v) is 8.69. The van der Waals surface area contributed by atoms with Crippen LogP contribution < -0.4 is 5.32 Å². The minimum absolute atomic E-state index is 0.235. The number of para-hydroxylation sites is 1. The Bertz CT molecular complexity index is 909. The molecule has 28 heavy (non-hydrogen) atoms. The zero-order valence-corrected chi connectivity index (χ0v) is 17.6. The molecule has 1 saturated heterocycles. The first-order valence-electron chi connectivity index (χ1n) is 9.81. The van der Waals surface area contributed by atoms with E-state index in [0.29, 0.717) is 11.7 Å². The lowest BCUT2D eigenvalue weighted by molar-refractivity contribution is -0.0879.